The van der Waals surface area contributed by atoms with Crippen LogP contribution in [0, 0.1) is 41.4 Å². The van der Waals surface area contributed by atoms with Gasteiger partial charge in [0, 0.05) is 75.7 Å². The van der Waals surface area contributed by atoms with Crippen LogP contribution in [-0.4, -0.2) is 189 Å². The molecule has 5 aliphatic rings. The van der Waals surface area contributed by atoms with E-state index < -0.39 is 151 Å². The van der Waals surface area contributed by atoms with E-state index in [1.54, 1.807) is 40.8 Å². The van der Waals surface area contributed by atoms with Gasteiger partial charge < -0.3 is 77.4 Å². The first kappa shape index (κ1) is 67.2. The number of oxime groups is 1. The molecule has 1 aromatic rings. The van der Waals surface area contributed by atoms with Gasteiger partial charge in [-0.05, 0) is 97.7 Å². The molecule has 4 aliphatic heterocycles. The van der Waals surface area contributed by atoms with Crippen molar-refractivity contribution in [2.24, 2.45) is 46.6 Å². The Labute approximate surface area is 485 Å². The number of aliphatic hydroxyl groups excluding tert-OH is 2. The van der Waals surface area contributed by atoms with Gasteiger partial charge in [-0.1, -0.05) is 59.7 Å². The fourth-order valence-electron chi connectivity index (χ4n) is 12.9. The Hall–Kier alpha value is -3.94. The maximum absolute atomic E-state index is 16.0. The number of nitrogens with zero attached hydrogens (tertiary/aromatic N) is 3. The van der Waals surface area contributed by atoms with Gasteiger partial charge in [0.1, 0.15) is 43.7 Å². The smallest absolute Gasteiger partial charge is 0.408 e. The van der Waals surface area contributed by atoms with Gasteiger partial charge in [-0.2, -0.15) is 0 Å². The maximum Gasteiger partial charge on any atom is 0.408 e. The van der Waals surface area contributed by atoms with Gasteiger partial charge in [0.15, 0.2) is 30.3 Å². The van der Waals surface area contributed by atoms with Crippen molar-refractivity contribution in [3.8, 4) is 0 Å². The lowest BCUT2D eigenvalue weighted by atomic mass is 9.74. The number of cyclic esters (lactones) is 1. The van der Waals surface area contributed by atoms with Gasteiger partial charge in [-0.25, -0.2) is 4.79 Å². The maximum atomic E-state index is 16.0. The van der Waals surface area contributed by atoms with Gasteiger partial charge in [0.25, 0.3) is 0 Å². The highest BCUT2D eigenvalue weighted by atomic mass is 16.7. The Bertz CT molecular complexity index is 2280. The lowest BCUT2D eigenvalue weighted by Crippen LogP contribution is -2.59. The zero-order valence-corrected chi connectivity index (χ0v) is 51.6. The van der Waals surface area contributed by atoms with E-state index in [1.807, 2.05) is 67.6 Å². The fourth-order valence-corrected chi connectivity index (χ4v) is 12.9. The van der Waals surface area contributed by atoms with Gasteiger partial charge >= 0.3 is 18.0 Å². The summed E-state index contributed by atoms with van der Waals surface area (Å²) in [6, 6.07) is 3.28. The number of pyridine rings is 1. The number of Topliss-reactive ketones (excluding diaryl/α,β-unsaturated/α-hetero) is 1. The van der Waals surface area contributed by atoms with Crippen molar-refractivity contribution in [3.05, 3.63) is 29.6 Å². The molecule has 4 fully saturated rings. The average molecular weight is 1160 g/mol. The number of likely N-dealkylation sites (N-methyl/N-ethyl adjacent to an activating group) is 1. The molecule has 0 saturated carbocycles. The van der Waals surface area contributed by atoms with Crippen LogP contribution in [0.3, 0.4) is 0 Å². The molecular formula is C60H98N4O18. The van der Waals surface area contributed by atoms with Crippen molar-refractivity contribution in [2.75, 3.05) is 41.5 Å². The van der Waals surface area contributed by atoms with Gasteiger partial charge in [0.2, 0.25) is 0 Å². The predicted molar refractivity (Wildman–Crippen MR) is 300 cm³/mol. The molecule has 0 aromatic carbocycles. The van der Waals surface area contributed by atoms with Crippen LogP contribution in [0.15, 0.2) is 23.5 Å². The summed E-state index contributed by atoms with van der Waals surface area (Å²) in [5.41, 5.74) is 0.0316. The minimum atomic E-state index is -1.97. The Morgan fingerprint density at radius 2 is 1.59 bits per heavy atom. The number of aliphatic hydroxyl groups is 2. The monoisotopic (exact) mass is 1160 g/mol. The van der Waals surface area contributed by atoms with Crippen molar-refractivity contribution >= 4 is 29.5 Å². The molecular weight excluding hydrogens is 1060 g/mol. The van der Waals surface area contributed by atoms with E-state index in [9.17, 15) is 19.8 Å². The molecule has 23 atom stereocenters. The lowest BCUT2D eigenvalue weighted by Gasteiger charge is -2.45. The number of fused-ring (bicyclic) bond motifs is 1. The minimum absolute atomic E-state index is 0.00797. The summed E-state index contributed by atoms with van der Waals surface area (Å²) >= 11 is 0. The number of ether oxygens (including phenoxy) is 11. The molecule has 0 radical (unpaired) electrons. The van der Waals surface area contributed by atoms with E-state index in [-0.39, 0.29) is 43.9 Å². The first-order valence-electron chi connectivity index (χ1n) is 29.7. The number of hydrogen-bond acceptors (Lipinski definition) is 21. The largest absolute Gasteiger partial charge is 0.461 e. The van der Waals surface area contributed by atoms with Crippen LogP contribution in [0.2, 0.25) is 0 Å². The summed E-state index contributed by atoms with van der Waals surface area (Å²) in [5.74, 6) is -7.40. The predicted octanol–water partition coefficient (Wildman–Crippen LogP) is 6.48. The van der Waals surface area contributed by atoms with Crippen molar-refractivity contribution in [1.29, 1.82) is 0 Å². The second-order valence-corrected chi connectivity index (χ2v) is 24.8. The number of methoxy groups -OCH3 is 2. The number of amides is 1. The Kier molecular flexibility index (Phi) is 24.5. The van der Waals surface area contributed by atoms with E-state index in [0.717, 1.165) is 24.1 Å². The normalized spacial score (nSPS) is 40.2. The Morgan fingerprint density at radius 1 is 0.878 bits per heavy atom. The molecule has 0 bridgehead atoms. The quantitative estimate of drug-likeness (QED) is 0.0909. The number of alkyl carbamates (subject to hydrolysis) is 1. The number of ketones is 1. The van der Waals surface area contributed by atoms with Gasteiger partial charge in [-0.3, -0.25) is 19.4 Å². The first-order valence-corrected chi connectivity index (χ1v) is 29.7. The Morgan fingerprint density at radius 3 is 2.26 bits per heavy atom. The van der Waals surface area contributed by atoms with Crippen molar-refractivity contribution in [2.45, 2.75) is 239 Å². The van der Waals surface area contributed by atoms with Crippen LogP contribution in [0.1, 0.15) is 146 Å². The average Bonchev–Trinajstić information content (AvgIpc) is 3.24. The SMILES string of the molecule is CO/N=C1\C[C@@H](C)O[C@@H](O[C@@H]2[C@@H](C)[C@H](O[C@H]3CC(C)N(C)C[C@H](C)O3)[C@@H](C)C(=O)O[C@H]([C@@H](C)CO[C@@H]3O[C@H](C)[C@@H](O)[C@@H](OC)[C@H]3OC)[C@H](C)[C@@H](OC(=O)CC(C)C)[C@@H](C)C(=O)[C@@](C)(OC(=O)NC3CCCc4ncccc43)C[C@@H]2C)[C@@H]1O. The van der Waals surface area contributed by atoms with Gasteiger partial charge in [-0.15, -0.1) is 0 Å². The first-order chi connectivity index (χ1) is 38.7. The van der Waals surface area contributed by atoms with E-state index in [4.69, 9.17) is 56.9 Å². The summed E-state index contributed by atoms with van der Waals surface area (Å²) in [4.78, 5) is 72.2. The molecule has 5 heterocycles. The van der Waals surface area contributed by atoms with Crippen LogP contribution in [0.5, 0.6) is 0 Å². The summed E-state index contributed by atoms with van der Waals surface area (Å²) in [7, 11) is 6.32. The van der Waals surface area contributed by atoms with Gasteiger partial charge in [0.05, 0.1) is 60.7 Å². The molecule has 6 rings (SSSR count). The third kappa shape index (κ3) is 16.5. The van der Waals surface area contributed by atoms with Crippen LogP contribution in [-0.2, 0) is 77.7 Å². The number of aryl methyl sites for hydroxylation is 1. The third-order valence-corrected chi connectivity index (χ3v) is 17.4. The molecule has 22 heteroatoms. The summed E-state index contributed by atoms with van der Waals surface area (Å²) in [5, 5.41) is 30.0. The molecule has 1 aliphatic carbocycles. The standard InChI is InChI=1S/C60H98N4O18/c1-30(2)24-45(65)78-51-37(9)50(32(4)29-74-58-54(72-16)53(71-15)47(66)40(12)77-58)80-56(69)39(11)52(79-46-25-33(5)64(14)28-35(7)75-46)36(8)49(81-57-48(67)44(63-73-17)26-34(6)76-57)31(3)27-60(13,55(68)38(51)10)82-59(70)62-43-22-18-21-42-41(43)20-19-23-61-42/h19-20,23,30-40,43,46-54,57-58,66-67H,18,21-22,24-29H2,1-17H3,(H,62,70)/b63-44+/t31-,32-,33?,34+,35-,36+,37-,38+,39+,40+,43?,46-,47+,48+,49-,50+,51+,52-,53+,54+,57-,58+,60-/m0/s1. The van der Waals surface area contributed by atoms with Crippen molar-refractivity contribution < 1.29 is 86.3 Å². The van der Waals surface area contributed by atoms with Crippen LogP contribution >= 0.6 is 0 Å². The molecule has 82 heavy (non-hydrogen) atoms. The highest BCUT2D eigenvalue weighted by Crippen LogP contribution is 2.41. The van der Waals surface area contributed by atoms with E-state index >= 15 is 9.59 Å². The Balaban J connectivity index is 1.51. The number of esters is 2. The fraction of sp³-hybridized carbons (Fsp3) is 0.833. The molecule has 4 saturated heterocycles. The van der Waals surface area contributed by atoms with E-state index in [0.29, 0.717) is 25.1 Å². The number of carbonyl (C=O) groups excluding carboxylic acids is 4. The molecule has 22 nitrogen and oxygen atoms in total. The number of rotatable bonds is 16. The van der Waals surface area contributed by atoms with Crippen LogP contribution in [0.25, 0.3) is 0 Å². The molecule has 2 unspecified atom stereocenters. The highest BCUT2D eigenvalue weighted by molar-refractivity contribution is 5.92. The molecule has 466 valence electrons. The number of aromatic nitrogens is 1. The molecule has 1 amide bonds. The summed E-state index contributed by atoms with van der Waals surface area (Å²) < 4.78 is 70.9. The second-order valence-electron chi connectivity index (χ2n) is 24.8. The van der Waals surface area contributed by atoms with Crippen molar-refractivity contribution in [1.82, 2.24) is 15.2 Å². The second kappa shape index (κ2) is 29.9. The lowest BCUT2D eigenvalue weighted by molar-refractivity contribution is -0.305. The zero-order chi connectivity index (χ0) is 60.5. The van der Waals surface area contributed by atoms with Crippen LogP contribution < -0.4 is 5.32 Å². The molecule has 3 N–H and O–H groups in total. The highest BCUT2D eigenvalue weighted by Gasteiger charge is 2.53. The molecule has 0 spiro atoms. The number of hydrogen-bond donors (Lipinski definition) is 3. The van der Waals surface area contributed by atoms with Crippen molar-refractivity contribution in [3.63, 3.8) is 0 Å². The number of nitrogens with one attached hydrogen (secondary N) is 1. The summed E-state index contributed by atoms with van der Waals surface area (Å²) in [6.07, 6.45) is -9.71. The topological polar surface area (TPSA) is 260 Å². The zero-order valence-electron chi connectivity index (χ0n) is 51.6. The third-order valence-electron chi connectivity index (χ3n) is 17.4. The van der Waals surface area contributed by atoms with E-state index in [2.05, 4.69) is 27.3 Å². The van der Waals surface area contributed by atoms with E-state index in [1.165, 1.54) is 21.3 Å². The molecule has 1 aromatic heterocycles. The van der Waals surface area contributed by atoms with Crippen LogP contribution in [0.4, 0.5) is 4.79 Å². The number of carbonyl (C=O) groups is 4. The minimum Gasteiger partial charge on any atom is -0.461 e. The summed E-state index contributed by atoms with van der Waals surface area (Å²) in [6.45, 7) is 24.0.